The third-order valence-corrected chi connectivity index (χ3v) is 7.92. The van der Waals surface area contributed by atoms with Crippen LogP contribution in [0.15, 0.2) is 71.6 Å². The van der Waals surface area contributed by atoms with Gasteiger partial charge in [0.15, 0.2) is 0 Å². The van der Waals surface area contributed by atoms with Crippen LogP contribution in [0, 0.1) is 5.92 Å². The molecule has 0 aromatic heterocycles. The van der Waals surface area contributed by atoms with E-state index in [1.807, 2.05) is 38.1 Å². The minimum Gasteiger partial charge on any atom is -0.354 e. The average molecular weight is 530 g/mol. The fourth-order valence-corrected chi connectivity index (χ4v) is 5.11. The van der Waals surface area contributed by atoms with Crippen LogP contribution in [0.25, 0.3) is 10.8 Å². The molecular formula is C27H32ClN3O4S. The molecule has 0 saturated carbocycles. The highest BCUT2D eigenvalue weighted by atomic mass is 35.5. The first-order valence-electron chi connectivity index (χ1n) is 11.8. The zero-order valence-electron chi connectivity index (χ0n) is 20.9. The first kappa shape index (κ1) is 27.6. The van der Waals surface area contributed by atoms with Gasteiger partial charge in [0.1, 0.15) is 6.04 Å². The maximum absolute atomic E-state index is 13.4. The molecule has 0 radical (unpaired) electrons. The average Bonchev–Trinajstić information content (AvgIpc) is 2.84. The van der Waals surface area contributed by atoms with Crippen molar-refractivity contribution in [3.63, 3.8) is 0 Å². The molecule has 2 amide bonds. The minimum atomic E-state index is -3.94. The monoisotopic (exact) mass is 529 g/mol. The van der Waals surface area contributed by atoms with Gasteiger partial charge in [0.2, 0.25) is 21.8 Å². The lowest BCUT2D eigenvalue weighted by Crippen LogP contribution is -2.51. The van der Waals surface area contributed by atoms with E-state index < -0.39 is 28.5 Å². The molecule has 0 bridgehead atoms. The van der Waals surface area contributed by atoms with E-state index in [0.29, 0.717) is 11.6 Å². The number of amides is 2. The van der Waals surface area contributed by atoms with Gasteiger partial charge >= 0.3 is 0 Å². The molecule has 36 heavy (non-hydrogen) atoms. The zero-order valence-corrected chi connectivity index (χ0v) is 22.5. The second-order valence-electron chi connectivity index (χ2n) is 9.24. The molecule has 1 atom stereocenters. The molecular weight excluding hydrogens is 498 g/mol. The first-order valence-corrected chi connectivity index (χ1v) is 13.6. The molecule has 0 saturated heterocycles. The largest absolute Gasteiger partial charge is 0.354 e. The lowest BCUT2D eigenvalue weighted by molar-refractivity contribution is -0.140. The fourth-order valence-electron chi connectivity index (χ4n) is 3.74. The normalized spacial score (nSPS) is 12.6. The molecule has 0 unspecified atom stereocenters. The molecule has 0 aliphatic rings. The third-order valence-electron chi connectivity index (χ3n) is 5.88. The summed E-state index contributed by atoms with van der Waals surface area (Å²) in [6.07, 6.45) is 0. The summed E-state index contributed by atoms with van der Waals surface area (Å²) in [6, 6.07) is 18.5. The molecule has 0 aliphatic heterocycles. The Morgan fingerprint density at radius 2 is 1.64 bits per heavy atom. The lowest BCUT2D eigenvalue weighted by atomic mass is 10.1. The Labute approximate surface area is 218 Å². The van der Waals surface area contributed by atoms with Gasteiger partial charge in [-0.25, -0.2) is 8.42 Å². The number of carbonyl (C=O) groups is 2. The number of hydrogen-bond acceptors (Lipinski definition) is 4. The van der Waals surface area contributed by atoms with Crippen molar-refractivity contribution in [3.05, 3.63) is 77.3 Å². The van der Waals surface area contributed by atoms with Crippen molar-refractivity contribution < 1.29 is 18.0 Å². The van der Waals surface area contributed by atoms with Gasteiger partial charge in [-0.2, -0.15) is 4.31 Å². The predicted molar refractivity (Wildman–Crippen MR) is 143 cm³/mol. The summed E-state index contributed by atoms with van der Waals surface area (Å²) in [5, 5.41) is 5.07. The van der Waals surface area contributed by atoms with Crippen LogP contribution < -0.4 is 5.32 Å². The van der Waals surface area contributed by atoms with Crippen LogP contribution in [0.5, 0.6) is 0 Å². The molecule has 3 aromatic carbocycles. The Kier molecular flexibility index (Phi) is 9.11. The van der Waals surface area contributed by atoms with Crippen LogP contribution in [0.2, 0.25) is 5.02 Å². The number of likely N-dealkylation sites (N-methyl/N-ethyl adjacent to an activating group) is 1. The van der Waals surface area contributed by atoms with Gasteiger partial charge in [-0.15, -0.1) is 0 Å². The number of fused-ring (bicyclic) bond motifs is 1. The van der Waals surface area contributed by atoms with Gasteiger partial charge in [0.25, 0.3) is 0 Å². The molecule has 0 fully saturated rings. The van der Waals surface area contributed by atoms with Gasteiger partial charge < -0.3 is 10.2 Å². The van der Waals surface area contributed by atoms with Crippen molar-refractivity contribution in [1.82, 2.24) is 14.5 Å². The Morgan fingerprint density at radius 1 is 0.944 bits per heavy atom. The third kappa shape index (κ3) is 6.84. The van der Waals surface area contributed by atoms with E-state index in [9.17, 15) is 18.0 Å². The number of nitrogens with one attached hydrogen (secondary N) is 1. The van der Waals surface area contributed by atoms with E-state index in [2.05, 4.69) is 5.32 Å². The standard InChI is InChI=1S/C27H32ClN3O4S/c1-19(2)16-29-27(33)20(3)31(17-21-8-7-11-24(28)14-21)26(32)18-30(4)36(34,35)25-13-12-22-9-5-6-10-23(22)15-25/h5-15,19-20H,16-18H2,1-4H3,(H,29,33)/t20-/m0/s1. The molecule has 0 aliphatic carbocycles. The van der Waals surface area contributed by atoms with Crippen LogP contribution in [0.1, 0.15) is 26.3 Å². The van der Waals surface area contributed by atoms with Crippen LogP contribution in [0.4, 0.5) is 0 Å². The molecule has 3 aromatic rings. The van der Waals surface area contributed by atoms with E-state index in [-0.39, 0.29) is 23.3 Å². The number of benzene rings is 3. The number of nitrogens with zero attached hydrogens (tertiary/aromatic N) is 2. The molecule has 7 nitrogen and oxygen atoms in total. The van der Waals surface area contributed by atoms with Crippen molar-refractivity contribution in [1.29, 1.82) is 0 Å². The Balaban J connectivity index is 1.83. The van der Waals surface area contributed by atoms with Gasteiger partial charge in [0.05, 0.1) is 11.4 Å². The molecule has 3 rings (SSSR count). The number of carbonyl (C=O) groups excluding carboxylic acids is 2. The van der Waals surface area contributed by atoms with Gasteiger partial charge in [-0.05, 0) is 53.4 Å². The SMILES string of the molecule is CC(C)CNC(=O)[C@H](C)N(Cc1cccc(Cl)c1)C(=O)CN(C)S(=O)(=O)c1ccc2ccccc2c1. The van der Waals surface area contributed by atoms with E-state index in [1.54, 1.807) is 43.3 Å². The fraction of sp³-hybridized carbons (Fsp3) is 0.333. The van der Waals surface area contributed by atoms with Gasteiger partial charge in [-0.3, -0.25) is 9.59 Å². The van der Waals surface area contributed by atoms with Crippen molar-refractivity contribution >= 4 is 44.2 Å². The Bertz CT molecular complexity index is 1340. The number of rotatable bonds is 10. The summed E-state index contributed by atoms with van der Waals surface area (Å²) >= 11 is 6.12. The lowest BCUT2D eigenvalue weighted by Gasteiger charge is -2.30. The summed E-state index contributed by atoms with van der Waals surface area (Å²) in [7, 11) is -2.58. The Morgan fingerprint density at radius 3 is 2.31 bits per heavy atom. The maximum Gasteiger partial charge on any atom is 0.243 e. The quantitative estimate of drug-likeness (QED) is 0.424. The number of sulfonamides is 1. The second kappa shape index (κ2) is 11.9. The summed E-state index contributed by atoms with van der Waals surface area (Å²) in [5.74, 6) is -0.551. The first-order chi connectivity index (χ1) is 17.0. The summed E-state index contributed by atoms with van der Waals surface area (Å²) in [6.45, 7) is 5.75. The molecule has 9 heteroatoms. The molecule has 0 heterocycles. The highest BCUT2D eigenvalue weighted by Gasteiger charge is 2.30. The second-order valence-corrected chi connectivity index (χ2v) is 11.7. The molecule has 0 spiro atoms. The summed E-state index contributed by atoms with van der Waals surface area (Å²) < 4.78 is 27.6. The highest BCUT2D eigenvalue weighted by molar-refractivity contribution is 7.89. The van der Waals surface area contributed by atoms with Crippen LogP contribution in [-0.2, 0) is 26.2 Å². The van der Waals surface area contributed by atoms with Crippen molar-refractivity contribution in [3.8, 4) is 0 Å². The van der Waals surface area contributed by atoms with Crippen molar-refractivity contribution in [2.24, 2.45) is 5.92 Å². The van der Waals surface area contributed by atoms with Gasteiger partial charge in [0, 0.05) is 25.2 Å². The van der Waals surface area contributed by atoms with Crippen LogP contribution >= 0.6 is 11.6 Å². The zero-order chi connectivity index (χ0) is 26.5. The molecule has 1 N–H and O–H groups in total. The van der Waals surface area contributed by atoms with Gasteiger partial charge in [-0.1, -0.05) is 67.9 Å². The van der Waals surface area contributed by atoms with E-state index in [4.69, 9.17) is 11.6 Å². The smallest absolute Gasteiger partial charge is 0.243 e. The minimum absolute atomic E-state index is 0.0978. The maximum atomic E-state index is 13.4. The van der Waals surface area contributed by atoms with Crippen molar-refractivity contribution in [2.45, 2.75) is 38.3 Å². The van der Waals surface area contributed by atoms with E-state index in [0.717, 1.165) is 20.6 Å². The van der Waals surface area contributed by atoms with Crippen molar-refractivity contribution in [2.75, 3.05) is 20.1 Å². The topological polar surface area (TPSA) is 86.8 Å². The summed E-state index contributed by atoms with van der Waals surface area (Å²) in [5.41, 5.74) is 0.736. The highest BCUT2D eigenvalue weighted by Crippen LogP contribution is 2.22. The van der Waals surface area contributed by atoms with Crippen LogP contribution in [-0.4, -0.2) is 55.6 Å². The predicted octanol–water partition coefficient (Wildman–Crippen LogP) is 4.30. The van der Waals surface area contributed by atoms with E-state index in [1.165, 1.54) is 18.0 Å². The van der Waals surface area contributed by atoms with E-state index >= 15 is 0 Å². The Hall–Kier alpha value is -2.94. The summed E-state index contributed by atoms with van der Waals surface area (Å²) in [4.78, 5) is 27.7. The van der Waals surface area contributed by atoms with Crippen LogP contribution in [0.3, 0.4) is 0 Å². The number of hydrogen-bond donors (Lipinski definition) is 1. The molecule has 192 valence electrons. The number of halogens is 1.